The molecule has 0 unspecified atom stereocenters. The fourth-order valence-electron chi connectivity index (χ4n) is 1.33. The lowest BCUT2D eigenvalue weighted by Crippen LogP contribution is -2.13. The van der Waals surface area contributed by atoms with Crippen LogP contribution in [0, 0.1) is 0 Å². The molecule has 0 radical (unpaired) electrons. The van der Waals surface area contributed by atoms with E-state index in [9.17, 15) is 8.42 Å². The van der Waals surface area contributed by atoms with E-state index >= 15 is 0 Å². The highest BCUT2D eigenvalue weighted by Crippen LogP contribution is 2.28. The number of sulfonamides is 1. The van der Waals surface area contributed by atoms with E-state index in [1.165, 1.54) is 19.4 Å². The monoisotopic (exact) mass is 331 g/mol. The Morgan fingerprint density at radius 1 is 1.39 bits per heavy atom. The van der Waals surface area contributed by atoms with Crippen molar-refractivity contribution in [2.75, 3.05) is 11.8 Å². The molecule has 8 heteroatoms. The summed E-state index contributed by atoms with van der Waals surface area (Å²) in [5.41, 5.74) is 0.407. The van der Waals surface area contributed by atoms with Crippen molar-refractivity contribution >= 4 is 31.6 Å². The van der Waals surface area contributed by atoms with Crippen molar-refractivity contribution in [1.82, 2.24) is 10.2 Å². The molecule has 18 heavy (non-hydrogen) atoms. The Kier molecular flexibility index (Phi) is 3.58. The van der Waals surface area contributed by atoms with Crippen LogP contribution in [-0.2, 0) is 10.0 Å². The van der Waals surface area contributed by atoms with E-state index in [-0.39, 0.29) is 5.03 Å². The number of nitrogens with one attached hydrogen (secondary N) is 2. The standard InChI is InChI=1S/C10H10BrN3O3S/c1-17-9-6-7(2-3-8(9)11)14-18(15,16)10-4-5-12-13-10/h2-6,14H,1H3,(H,12,13). The van der Waals surface area contributed by atoms with Crippen molar-refractivity contribution in [2.24, 2.45) is 0 Å². The normalized spacial score (nSPS) is 11.2. The van der Waals surface area contributed by atoms with Crippen LogP contribution >= 0.6 is 15.9 Å². The van der Waals surface area contributed by atoms with Crippen LogP contribution in [0.3, 0.4) is 0 Å². The maximum atomic E-state index is 11.9. The lowest BCUT2D eigenvalue weighted by Gasteiger charge is -2.09. The molecule has 6 nitrogen and oxygen atoms in total. The SMILES string of the molecule is COc1cc(NS(=O)(=O)c2ccn[nH]2)ccc1Br. The molecule has 1 aromatic heterocycles. The Morgan fingerprint density at radius 3 is 2.78 bits per heavy atom. The number of nitrogens with zero attached hydrogens (tertiary/aromatic N) is 1. The molecule has 96 valence electrons. The zero-order chi connectivity index (χ0) is 13.2. The Labute approximate surface area is 113 Å². The van der Waals surface area contributed by atoms with Crippen molar-refractivity contribution in [3.8, 4) is 5.75 Å². The minimum atomic E-state index is -3.65. The van der Waals surface area contributed by atoms with Gasteiger partial charge in [-0.3, -0.25) is 9.82 Å². The van der Waals surface area contributed by atoms with Crippen molar-refractivity contribution in [2.45, 2.75) is 5.03 Å². The van der Waals surface area contributed by atoms with E-state index in [2.05, 4.69) is 30.8 Å². The summed E-state index contributed by atoms with van der Waals surface area (Å²) in [5.74, 6) is 0.541. The van der Waals surface area contributed by atoms with Crippen molar-refractivity contribution in [3.05, 3.63) is 34.9 Å². The largest absolute Gasteiger partial charge is 0.495 e. The Morgan fingerprint density at radius 2 is 2.17 bits per heavy atom. The summed E-state index contributed by atoms with van der Waals surface area (Å²) in [6.45, 7) is 0. The van der Waals surface area contributed by atoms with E-state index in [0.717, 1.165) is 4.47 Å². The van der Waals surface area contributed by atoms with Crippen LogP contribution < -0.4 is 9.46 Å². The Balaban J connectivity index is 2.30. The number of hydrogen-bond donors (Lipinski definition) is 2. The third kappa shape index (κ3) is 2.65. The zero-order valence-electron chi connectivity index (χ0n) is 9.34. The number of hydrogen-bond acceptors (Lipinski definition) is 4. The van der Waals surface area contributed by atoms with Gasteiger partial charge in [-0.2, -0.15) is 13.5 Å². The van der Waals surface area contributed by atoms with Gasteiger partial charge in [-0.25, -0.2) is 0 Å². The molecule has 0 spiro atoms. The average molecular weight is 332 g/mol. The highest BCUT2D eigenvalue weighted by Gasteiger charge is 2.16. The van der Waals surface area contributed by atoms with Crippen molar-refractivity contribution in [1.29, 1.82) is 0 Å². The average Bonchev–Trinajstić information content (AvgIpc) is 2.85. The predicted molar refractivity (Wildman–Crippen MR) is 70.1 cm³/mol. The summed E-state index contributed by atoms with van der Waals surface area (Å²) >= 11 is 3.29. The fourth-order valence-corrected chi connectivity index (χ4v) is 2.69. The van der Waals surface area contributed by atoms with E-state index in [0.29, 0.717) is 11.4 Å². The Bertz CT molecular complexity index is 640. The number of halogens is 1. The van der Waals surface area contributed by atoms with E-state index in [4.69, 9.17) is 4.74 Å². The molecule has 0 aliphatic carbocycles. The van der Waals surface area contributed by atoms with Crippen LogP contribution in [0.5, 0.6) is 5.75 Å². The summed E-state index contributed by atoms with van der Waals surface area (Å²) in [7, 11) is -2.14. The van der Waals surface area contributed by atoms with E-state index in [1.54, 1.807) is 18.2 Å². The van der Waals surface area contributed by atoms with Crippen LogP contribution in [0.15, 0.2) is 40.0 Å². The molecule has 0 saturated heterocycles. The second kappa shape index (κ2) is 4.99. The molecule has 0 amide bonds. The molecule has 2 rings (SSSR count). The van der Waals surface area contributed by atoms with Gasteiger partial charge in [0.1, 0.15) is 5.75 Å². The zero-order valence-corrected chi connectivity index (χ0v) is 11.7. The number of aromatic nitrogens is 2. The minimum Gasteiger partial charge on any atom is -0.495 e. The number of rotatable bonds is 4. The minimum absolute atomic E-state index is 0.00406. The highest BCUT2D eigenvalue weighted by molar-refractivity contribution is 9.10. The molecule has 0 bridgehead atoms. The summed E-state index contributed by atoms with van der Waals surface area (Å²) in [6.07, 6.45) is 1.37. The van der Waals surface area contributed by atoms with E-state index in [1.807, 2.05) is 0 Å². The van der Waals surface area contributed by atoms with Crippen LogP contribution in [0.2, 0.25) is 0 Å². The van der Waals surface area contributed by atoms with Gasteiger partial charge in [-0.1, -0.05) is 0 Å². The van der Waals surface area contributed by atoms with Crippen LogP contribution in [0.25, 0.3) is 0 Å². The fraction of sp³-hybridized carbons (Fsp3) is 0.100. The van der Waals surface area contributed by atoms with Gasteiger partial charge in [0, 0.05) is 6.07 Å². The number of methoxy groups -OCH3 is 1. The van der Waals surface area contributed by atoms with Gasteiger partial charge in [0.2, 0.25) is 0 Å². The van der Waals surface area contributed by atoms with Gasteiger partial charge < -0.3 is 4.74 Å². The predicted octanol–water partition coefficient (Wildman–Crippen LogP) is 1.98. The number of H-pyrrole nitrogens is 1. The molecular weight excluding hydrogens is 322 g/mol. The third-order valence-electron chi connectivity index (χ3n) is 2.17. The van der Waals surface area contributed by atoms with Gasteiger partial charge >= 0.3 is 0 Å². The topological polar surface area (TPSA) is 84.1 Å². The summed E-state index contributed by atoms with van der Waals surface area (Å²) in [6, 6.07) is 6.28. The molecule has 0 saturated carbocycles. The van der Waals surface area contributed by atoms with Gasteiger partial charge in [0.05, 0.1) is 23.5 Å². The smallest absolute Gasteiger partial charge is 0.278 e. The number of benzene rings is 1. The summed E-state index contributed by atoms with van der Waals surface area (Å²) in [5, 5.41) is 6.00. The molecule has 0 aliphatic rings. The van der Waals surface area contributed by atoms with Gasteiger partial charge in [-0.05, 0) is 34.1 Å². The summed E-state index contributed by atoms with van der Waals surface area (Å²) < 4.78 is 32.1. The van der Waals surface area contributed by atoms with Crippen molar-refractivity contribution in [3.63, 3.8) is 0 Å². The van der Waals surface area contributed by atoms with Crippen LogP contribution in [0.4, 0.5) is 5.69 Å². The molecule has 2 N–H and O–H groups in total. The molecular formula is C10H10BrN3O3S. The van der Waals surface area contributed by atoms with E-state index < -0.39 is 10.0 Å². The highest BCUT2D eigenvalue weighted by atomic mass is 79.9. The molecule has 1 aromatic carbocycles. The first-order chi connectivity index (χ1) is 8.53. The van der Waals surface area contributed by atoms with Crippen molar-refractivity contribution < 1.29 is 13.2 Å². The molecule has 0 fully saturated rings. The quantitative estimate of drug-likeness (QED) is 0.897. The molecule has 0 aliphatic heterocycles. The number of aromatic amines is 1. The first-order valence-corrected chi connectivity index (χ1v) is 7.16. The van der Waals surface area contributed by atoms with Gasteiger partial charge in [0.25, 0.3) is 10.0 Å². The molecule has 2 aromatic rings. The second-order valence-electron chi connectivity index (χ2n) is 3.38. The van der Waals surface area contributed by atoms with Crippen LogP contribution in [-0.4, -0.2) is 25.7 Å². The maximum Gasteiger partial charge on any atom is 0.278 e. The summed E-state index contributed by atoms with van der Waals surface area (Å²) in [4.78, 5) is 0. The first-order valence-electron chi connectivity index (χ1n) is 4.88. The molecule has 1 heterocycles. The third-order valence-corrected chi connectivity index (χ3v) is 4.13. The maximum absolute atomic E-state index is 11.9. The number of anilines is 1. The first kappa shape index (κ1) is 12.9. The van der Waals surface area contributed by atoms with Crippen LogP contribution in [0.1, 0.15) is 0 Å². The lowest BCUT2D eigenvalue weighted by molar-refractivity contribution is 0.412. The van der Waals surface area contributed by atoms with Gasteiger partial charge in [-0.15, -0.1) is 0 Å². The second-order valence-corrected chi connectivity index (χ2v) is 5.88. The van der Waals surface area contributed by atoms with Gasteiger partial charge in [0.15, 0.2) is 5.03 Å². The Hall–Kier alpha value is -1.54. The lowest BCUT2D eigenvalue weighted by atomic mass is 10.3. The molecule has 0 atom stereocenters. The number of ether oxygens (including phenoxy) is 1.